The maximum Gasteiger partial charge on any atom is 0.178 e. The van der Waals surface area contributed by atoms with Gasteiger partial charge in [-0.1, -0.05) is 0 Å². The molecule has 0 unspecified atom stereocenters. The largest absolute Gasteiger partial charge is 0.495 e. The fraction of sp³-hybridized carbons (Fsp3) is 0.455. The summed E-state index contributed by atoms with van der Waals surface area (Å²) in [5.74, 6) is 6.95. The van der Waals surface area contributed by atoms with Crippen molar-refractivity contribution in [2.45, 2.75) is 6.42 Å². The van der Waals surface area contributed by atoms with Gasteiger partial charge in [0.25, 0.3) is 0 Å². The van der Waals surface area contributed by atoms with E-state index >= 15 is 0 Å². The number of ether oxygens (including phenoxy) is 3. The molecule has 2 N–H and O–H groups in total. The normalized spacial score (nSPS) is 10.2. The fourth-order valence-corrected chi connectivity index (χ4v) is 2.33. The van der Waals surface area contributed by atoms with Gasteiger partial charge in [-0.15, -0.1) is 0 Å². The molecule has 1 rings (SSSR count). The molecule has 0 atom stereocenters. The molecule has 0 saturated carbocycles. The van der Waals surface area contributed by atoms with Crippen molar-refractivity contribution in [1.29, 1.82) is 0 Å². The first-order chi connectivity index (χ1) is 8.19. The molecule has 96 valence electrons. The van der Waals surface area contributed by atoms with Crippen LogP contribution < -0.4 is 20.1 Å². The molecule has 0 aliphatic carbocycles. The molecule has 0 bridgehead atoms. The highest BCUT2D eigenvalue weighted by molar-refractivity contribution is 9.10. The van der Waals surface area contributed by atoms with Gasteiger partial charge in [-0.3, -0.25) is 0 Å². The number of nitrogens with two attached hydrogens (primary N) is 1. The van der Waals surface area contributed by atoms with Gasteiger partial charge in [-0.25, -0.2) is 5.90 Å². The van der Waals surface area contributed by atoms with Crippen molar-refractivity contribution in [3.8, 4) is 17.2 Å². The summed E-state index contributed by atoms with van der Waals surface area (Å²) in [5, 5.41) is 0. The predicted octanol–water partition coefficient (Wildman–Crippen LogP) is 1.91. The second kappa shape index (κ2) is 6.68. The third-order valence-electron chi connectivity index (χ3n) is 2.34. The number of rotatable bonds is 6. The summed E-state index contributed by atoms with van der Waals surface area (Å²) in [6, 6.07) is 1.85. The molecule has 17 heavy (non-hydrogen) atoms. The van der Waals surface area contributed by atoms with Crippen LogP contribution in [0.5, 0.6) is 17.2 Å². The van der Waals surface area contributed by atoms with Gasteiger partial charge < -0.3 is 19.0 Å². The molecule has 1 aromatic rings. The minimum absolute atomic E-state index is 0.401. The lowest BCUT2D eigenvalue weighted by atomic mass is 10.1. The van der Waals surface area contributed by atoms with E-state index in [9.17, 15) is 0 Å². The maximum atomic E-state index is 5.34. The number of hydrogen-bond donors (Lipinski definition) is 1. The molecule has 6 heteroatoms. The lowest BCUT2D eigenvalue weighted by Gasteiger charge is -2.16. The Balaban J connectivity index is 3.24. The molecular weight excluding hydrogens is 290 g/mol. The van der Waals surface area contributed by atoms with Gasteiger partial charge in [0.15, 0.2) is 11.5 Å². The highest BCUT2D eigenvalue weighted by Crippen LogP contribution is 2.44. The highest BCUT2D eigenvalue weighted by atomic mass is 79.9. The monoisotopic (exact) mass is 305 g/mol. The topological polar surface area (TPSA) is 62.9 Å². The SMILES string of the molecule is COc1cc(CCON)c(OC)c(Br)c1OC. The number of benzene rings is 1. The first kappa shape index (κ1) is 14.1. The third kappa shape index (κ3) is 3.02. The molecule has 0 saturated heterocycles. The fourth-order valence-electron chi connectivity index (χ4n) is 1.56. The van der Waals surface area contributed by atoms with Crippen molar-refractivity contribution in [2.24, 2.45) is 5.90 Å². The first-order valence-corrected chi connectivity index (χ1v) is 5.77. The summed E-state index contributed by atoms with van der Waals surface area (Å²) in [6.45, 7) is 0.401. The molecule has 0 heterocycles. The lowest BCUT2D eigenvalue weighted by Crippen LogP contribution is -2.06. The Labute approximate surface area is 109 Å². The van der Waals surface area contributed by atoms with Crippen LogP contribution in [-0.4, -0.2) is 27.9 Å². The van der Waals surface area contributed by atoms with E-state index in [0.29, 0.717) is 34.7 Å². The Bertz CT molecular complexity index is 384. The van der Waals surface area contributed by atoms with Crippen molar-refractivity contribution in [1.82, 2.24) is 0 Å². The number of halogens is 1. The molecule has 0 amide bonds. The average Bonchev–Trinajstić information content (AvgIpc) is 2.35. The molecule has 0 radical (unpaired) electrons. The van der Waals surface area contributed by atoms with Gasteiger partial charge in [0.2, 0.25) is 0 Å². The summed E-state index contributed by atoms with van der Waals surface area (Å²) in [6.07, 6.45) is 0.624. The van der Waals surface area contributed by atoms with Crippen LogP contribution in [0.3, 0.4) is 0 Å². The van der Waals surface area contributed by atoms with Crippen LogP contribution in [0.2, 0.25) is 0 Å². The molecular formula is C11H16BrNO4. The van der Waals surface area contributed by atoms with Crippen molar-refractivity contribution in [3.63, 3.8) is 0 Å². The first-order valence-electron chi connectivity index (χ1n) is 4.98. The van der Waals surface area contributed by atoms with E-state index < -0.39 is 0 Å². The minimum Gasteiger partial charge on any atom is -0.495 e. The van der Waals surface area contributed by atoms with Crippen LogP contribution in [0.1, 0.15) is 5.56 Å². The van der Waals surface area contributed by atoms with Crippen molar-refractivity contribution >= 4 is 15.9 Å². The number of hydrogen-bond acceptors (Lipinski definition) is 5. The zero-order valence-corrected chi connectivity index (χ0v) is 11.7. The van der Waals surface area contributed by atoms with E-state index in [4.69, 9.17) is 20.1 Å². The summed E-state index contributed by atoms with van der Waals surface area (Å²) < 4.78 is 16.6. The smallest absolute Gasteiger partial charge is 0.178 e. The van der Waals surface area contributed by atoms with Crippen LogP contribution in [0.15, 0.2) is 10.5 Å². The van der Waals surface area contributed by atoms with E-state index in [0.717, 1.165) is 5.56 Å². The van der Waals surface area contributed by atoms with Gasteiger partial charge in [-0.05, 0) is 22.0 Å². The molecule has 0 fully saturated rings. The summed E-state index contributed by atoms with van der Waals surface area (Å²) in [5.41, 5.74) is 0.933. The predicted molar refractivity (Wildman–Crippen MR) is 67.6 cm³/mol. The van der Waals surface area contributed by atoms with Gasteiger partial charge in [-0.2, -0.15) is 0 Å². The molecule has 0 aliphatic heterocycles. The van der Waals surface area contributed by atoms with Crippen molar-refractivity contribution < 1.29 is 19.0 Å². The summed E-state index contributed by atoms with van der Waals surface area (Å²) in [7, 11) is 4.75. The van der Waals surface area contributed by atoms with Gasteiger partial charge in [0, 0.05) is 12.0 Å². The summed E-state index contributed by atoms with van der Waals surface area (Å²) >= 11 is 3.43. The minimum atomic E-state index is 0.401. The molecule has 0 aliphatic rings. The van der Waals surface area contributed by atoms with Crippen molar-refractivity contribution in [2.75, 3.05) is 27.9 Å². The van der Waals surface area contributed by atoms with Gasteiger partial charge >= 0.3 is 0 Å². The zero-order chi connectivity index (χ0) is 12.8. The average molecular weight is 306 g/mol. The van der Waals surface area contributed by atoms with Crippen LogP contribution >= 0.6 is 15.9 Å². The summed E-state index contributed by atoms with van der Waals surface area (Å²) in [4.78, 5) is 4.57. The van der Waals surface area contributed by atoms with Crippen LogP contribution in [-0.2, 0) is 11.3 Å². The van der Waals surface area contributed by atoms with Gasteiger partial charge in [0.1, 0.15) is 10.2 Å². The molecule has 5 nitrogen and oxygen atoms in total. The van der Waals surface area contributed by atoms with E-state index in [1.54, 1.807) is 21.3 Å². The van der Waals surface area contributed by atoms with Crippen LogP contribution in [0.4, 0.5) is 0 Å². The Morgan fingerprint density at radius 2 is 1.76 bits per heavy atom. The second-order valence-electron chi connectivity index (χ2n) is 3.24. The Kier molecular flexibility index (Phi) is 5.54. The molecule has 1 aromatic carbocycles. The standard InChI is InChI=1S/C11H16BrNO4/c1-14-8-6-7(4-5-17-13)10(15-2)9(12)11(8)16-3/h6H,4-5,13H2,1-3H3. The third-order valence-corrected chi connectivity index (χ3v) is 3.06. The van der Waals surface area contributed by atoms with E-state index in [1.165, 1.54) is 0 Å². The van der Waals surface area contributed by atoms with Crippen molar-refractivity contribution in [3.05, 3.63) is 16.1 Å². The van der Waals surface area contributed by atoms with E-state index in [-0.39, 0.29) is 0 Å². The molecule has 0 aromatic heterocycles. The number of methoxy groups -OCH3 is 3. The van der Waals surface area contributed by atoms with E-state index in [2.05, 4.69) is 20.8 Å². The van der Waals surface area contributed by atoms with E-state index in [1.807, 2.05) is 6.07 Å². The zero-order valence-electron chi connectivity index (χ0n) is 10.1. The quantitative estimate of drug-likeness (QED) is 0.813. The Morgan fingerprint density at radius 3 is 2.24 bits per heavy atom. The molecule has 0 spiro atoms. The lowest BCUT2D eigenvalue weighted by molar-refractivity contribution is 0.140. The Hall–Kier alpha value is -0.980. The van der Waals surface area contributed by atoms with Crippen LogP contribution in [0.25, 0.3) is 0 Å². The highest BCUT2D eigenvalue weighted by Gasteiger charge is 2.18. The van der Waals surface area contributed by atoms with Gasteiger partial charge in [0.05, 0.1) is 27.9 Å². The maximum absolute atomic E-state index is 5.34. The second-order valence-corrected chi connectivity index (χ2v) is 4.03. The Morgan fingerprint density at radius 1 is 1.12 bits per heavy atom. The van der Waals surface area contributed by atoms with Crippen LogP contribution in [0, 0.1) is 0 Å².